The monoisotopic (exact) mass is 295 g/mol. The molecule has 0 aliphatic rings. The van der Waals surface area contributed by atoms with Crippen LogP contribution in [0.15, 0.2) is 6.07 Å². The molecule has 0 aromatic carbocycles. The summed E-state index contributed by atoms with van der Waals surface area (Å²) in [6.07, 6.45) is 2.90. The number of nitrogens with one attached hydrogen (secondary N) is 1. The molecule has 1 amide bonds. The summed E-state index contributed by atoms with van der Waals surface area (Å²) in [5, 5.41) is 12.4. The number of aryl methyl sites for hydroxylation is 3. The molecule has 0 fully saturated rings. The van der Waals surface area contributed by atoms with Crippen LogP contribution in [-0.2, 0) is 12.8 Å². The highest BCUT2D eigenvalue weighted by Gasteiger charge is 2.13. The molecule has 0 spiro atoms. The molecule has 0 unspecified atom stereocenters. The molecule has 2 rings (SSSR count). The third kappa shape index (κ3) is 3.39. The first-order chi connectivity index (χ1) is 9.13. The Balaban J connectivity index is 2.06. The van der Waals surface area contributed by atoms with Gasteiger partial charge in [-0.1, -0.05) is 25.2 Å². The summed E-state index contributed by atoms with van der Waals surface area (Å²) in [7, 11) is 0. The van der Waals surface area contributed by atoms with E-state index in [2.05, 4.69) is 29.4 Å². The Labute approximate surface area is 120 Å². The average molecular weight is 295 g/mol. The van der Waals surface area contributed by atoms with E-state index in [1.165, 1.54) is 33.1 Å². The minimum atomic E-state index is -0.0907. The lowest BCUT2D eigenvalue weighted by Gasteiger charge is -1.96. The maximum absolute atomic E-state index is 12.1. The number of rotatable bonds is 5. The van der Waals surface area contributed by atoms with Crippen LogP contribution >= 0.6 is 22.7 Å². The van der Waals surface area contributed by atoms with Crippen LogP contribution in [0.25, 0.3) is 0 Å². The molecule has 6 heteroatoms. The van der Waals surface area contributed by atoms with Crippen molar-refractivity contribution in [2.75, 3.05) is 5.32 Å². The summed E-state index contributed by atoms with van der Waals surface area (Å²) in [5.41, 5.74) is 1.24. The Kier molecular flexibility index (Phi) is 4.66. The van der Waals surface area contributed by atoms with Crippen LogP contribution in [0.3, 0.4) is 0 Å². The summed E-state index contributed by atoms with van der Waals surface area (Å²) in [6.45, 7) is 6.24. The topological polar surface area (TPSA) is 54.9 Å². The zero-order valence-electron chi connectivity index (χ0n) is 11.3. The molecule has 0 radical (unpaired) electrons. The van der Waals surface area contributed by atoms with Gasteiger partial charge in [0.2, 0.25) is 5.13 Å². The van der Waals surface area contributed by atoms with E-state index in [0.717, 1.165) is 29.1 Å². The van der Waals surface area contributed by atoms with Crippen LogP contribution in [0.1, 0.15) is 45.4 Å². The molecule has 2 aromatic rings. The Morgan fingerprint density at radius 3 is 2.74 bits per heavy atom. The number of carbonyl (C=O) groups excluding carboxylic acids is 1. The van der Waals surface area contributed by atoms with Gasteiger partial charge in [0.25, 0.3) is 5.91 Å². The Morgan fingerprint density at radius 2 is 2.11 bits per heavy atom. The molecule has 0 bridgehead atoms. The lowest BCUT2D eigenvalue weighted by atomic mass is 10.2. The maximum Gasteiger partial charge on any atom is 0.267 e. The minimum Gasteiger partial charge on any atom is -0.296 e. The van der Waals surface area contributed by atoms with Crippen molar-refractivity contribution in [3.05, 3.63) is 26.4 Å². The minimum absolute atomic E-state index is 0.0907. The predicted octanol–water partition coefficient (Wildman–Crippen LogP) is 3.68. The molecule has 0 aliphatic carbocycles. The first kappa shape index (κ1) is 14.1. The molecule has 0 saturated heterocycles. The van der Waals surface area contributed by atoms with Crippen LogP contribution in [-0.4, -0.2) is 16.1 Å². The molecular weight excluding hydrogens is 278 g/mol. The molecule has 0 atom stereocenters. The third-order valence-corrected chi connectivity index (χ3v) is 4.77. The number of anilines is 1. The van der Waals surface area contributed by atoms with E-state index in [1.54, 1.807) is 0 Å². The van der Waals surface area contributed by atoms with Crippen LogP contribution in [0.4, 0.5) is 5.13 Å². The zero-order chi connectivity index (χ0) is 13.8. The maximum atomic E-state index is 12.1. The van der Waals surface area contributed by atoms with Gasteiger partial charge in [0.1, 0.15) is 5.01 Å². The van der Waals surface area contributed by atoms with Gasteiger partial charge in [0.05, 0.1) is 4.88 Å². The molecular formula is C13H17N3OS2. The smallest absolute Gasteiger partial charge is 0.267 e. The Hall–Kier alpha value is -1.27. The molecule has 4 nitrogen and oxygen atoms in total. The average Bonchev–Trinajstić information content (AvgIpc) is 2.96. The van der Waals surface area contributed by atoms with Gasteiger partial charge in [-0.05, 0) is 31.4 Å². The fourth-order valence-corrected chi connectivity index (χ4v) is 3.61. The summed E-state index contributed by atoms with van der Waals surface area (Å²) >= 11 is 2.98. The standard InChI is InChI=1S/C13H17N3OS2/c1-4-6-11-15-16-13(19-11)14-12(17)10-7-9(5-2)8(3)18-10/h7H,4-6H2,1-3H3,(H,14,16,17). The van der Waals surface area contributed by atoms with E-state index >= 15 is 0 Å². The van der Waals surface area contributed by atoms with Gasteiger partial charge in [-0.2, -0.15) is 0 Å². The summed E-state index contributed by atoms with van der Waals surface area (Å²) < 4.78 is 0. The number of aromatic nitrogens is 2. The van der Waals surface area contributed by atoms with Gasteiger partial charge in [-0.3, -0.25) is 10.1 Å². The number of thiophene rings is 1. The second-order valence-electron chi connectivity index (χ2n) is 4.25. The highest BCUT2D eigenvalue weighted by Crippen LogP contribution is 2.24. The van der Waals surface area contributed by atoms with Gasteiger partial charge >= 0.3 is 0 Å². The highest BCUT2D eigenvalue weighted by atomic mass is 32.1. The van der Waals surface area contributed by atoms with E-state index in [-0.39, 0.29) is 5.91 Å². The van der Waals surface area contributed by atoms with Gasteiger partial charge in [-0.25, -0.2) is 0 Å². The van der Waals surface area contributed by atoms with Gasteiger partial charge in [0, 0.05) is 11.3 Å². The molecule has 1 N–H and O–H groups in total. The first-order valence-electron chi connectivity index (χ1n) is 6.37. The van der Waals surface area contributed by atoms with E-state index < -0.39 is 0 Å². The second-order valence-corrected chi connectivity index (χ2v) is 6.57. The number of nitrogens with zero attached hydrogens (tertiary/aromatic N) is 2. The lowest BCUT2D eigenvalue weighted by molar-refractivity contribution is 0.103. The molecule has 2 heterocycles. The fourth-order valence-electron chi connectivity index (χ4n) is 1.76. The SMILES string of the molecule is CCCc1nnc(NC(=O)c2cc(CC)c(C)s2)s1. The normalized spacial score (nSPS) is 10.7. The molecule has 0 saturated carbocycles. The van der Waals surface area contributed by atoms with Crippen molar-refractivity contribution >= 4 is 33.7 Å². The van der Waals surface area contributed by atoms with Crippen molar-refractivity contribution in [1.29, 1.82) is 0 Å². The van der Waals surface area contributed by atoms with Crippen molar-refractivity contribution in [2.45, 2.75) is 40.0 Å². The predicted molar refractivity (Wildman–Crippen MR) is 80.3 cm³/mol. The van der Waals surface area contributed by atoms with Crippen LogP contribution in [0.5, 0.6) is 0 Å². The van der Waals surface area contributed by atoms with E-state index in [4.69, 9.17) is 0 Å². The van der Waals surface area contributed by atoms with E-state index in [9.17, 15) is 4.79 Å². The molecule has 102 valence electrons. The van der Waals surface area contributed by atoms with E-state index in [1.807, 2.05) is 13.0 Å². The molecule has 0 aliphatic heterocycles. The summed E-state index contributed by atoms with van der Waals surface area (Å²) in [5.74, 6) is -0.0907. The first-order valence-corrected chi connectivity index (χ1v) is 8.00. The van der Waals surface area contributed by atoms with Crippen LogP contribution < -0.4 is 5.32 Å². The van der Waals surface area contributed by atoms with Crippen molar-refractivity contribution in [1.82, 2.24) is 10.2 Å². The van der Waals surface area contributed by atoms with Crippen molar-refractivity contribution in [2.24, 2.45) is 0 Å². The van der Waals surface area contributed by atoms with Crippen LogP contribution in [0.2, 0.25) is 0 Å². The number of hydrogen-bond donors (Lipinski definition) is 1. The van der Waals surface area contributed by atoms with E-state index in [0.29, 0.717) is 5.13 Å². The fraction of sp³-hybridized carbons (Fsp3) is 0.462. The quantitative estimate of drug-likeness (QED) is 0.915. The Bertz CT molecular complexity index is 574. The number of carbonyl (C=O) groups is 1. The highest BCUT2D eigenvalue weighted by molar-refractivity contribution is 7.16. The van der Waals surface area contributed by atoms with Gasteiger partial charge < -0.3 is 0 Å². The number of hydrogen-bond acceptors (Lipinski definition) is 5. The summed E-state index contributed by atoms with van der Waals surface area (Å²) in [6, 6.07) is 1.96. The van der Waals surface area contributed by atoms with Gasteiger partial charge in [-0.15, -0.1) is 21.5 Å². The van der Waals surface area contributed by atoms with Gasteiger partial charge in [0.15, 0.2) is 0 Å². The third-order valence-electron chi connectivity index (χ3n) is 2.78. The summed E-state index contributed by atoms with van der Waals surface area (Å²) in [4.78, 5) is 14.0. The van der Waals surface area contributed by atoms with Crippen molar-refractivity contribution < 1.29 is 4.79 Å². The molecule has 19 heavy (non-hydrogen) atoms. The number of amides is 1. The van der Waals surface area contributed by atoms with Crippen LogP contribution in [0, 0.1) is 6.92 Å². The molecule has 2 aromatic heterocycles. The second kappa shape index (κ2) is 6.25. The zero-order valence-corrected chi connectivity index (χ0v) is 13.0. The Morgan fingerprint density at radius 1 is 1.32 bits per heavy atom. The lowest BCUT2D eigenvalue weighted by Crippen LogP contribution is -2.09. The van der Waals surface area contributed by atoms with Crippen molar-refractivity contribution in [3.63, 3.8) is 0 Å². The van der Waals surface area contributed by atoms with Crippen molar-refractivity contribution in [3.8, 4) is 0 Å². The largest absolute Gasteiger partial charge is 0.296 e.